The van der Waals surface area contributed by atoms with E-state index in [9.17, 15) is 27.1 Å². The molecular weight excluding hydrogens is 494 g/mol. The second-order valence-corrected chi connectivity index (χ2v) is 12.1. The average Bonchev–Trinajstić information content (AvgIpc) is 3.10. The Morgan fingerprint density at radius 1 is 1.28 bits per heavy atom. The van der Waals surface area contributed by atoms with Gasteiger partial charge in [0.05, 0.1) is 39.8 Å². The van der Waals surface area contributed by atoms with Gasteiger partial charge < -0.3 is 15.2 Å². The molecule has 1 amide bonds. The summed E-state index contributed by atoms with van der Waals surface area (Å²) in [5.41, 5.74) is -1.24. The van der Waals surface area contributed by atoms with Crippen molar-refractivity contribution < 1.29 is 31.8 Å². The molecule has 2 aromatic heterocycles. The Kier molecular flexibility index (Phi) is 6.32. The summed E-state index contributed by atoms with van der Waals surface area (Å²) in [6.45, 7) is 7.73. The number of nitrogens with zero attached hydrogens (tertiary/aromatic N) is 3. The lowest BCUT2D eigenvalue weighted by Crippen LogP contribution is -2.63. The number of amides is 1. The van der Waals surface area contributed by atoms with Crippen LogP contribution in [-0.2, 0) is 9.84 Å². The summed E-state index contributed by atoms with van der Waals surface area (Å²) in [7, 11) is -3.17. The molecule has 1 saturated heterocycles. The molecule has 0 aliphatic carbocycles. The van der Waals surface area contributed by atoms with Crippen molar-refractivity contribution in [2.75, 3.05) is 11.5 Å². The van der Waals surface area contributed by atoms with Crippen molar-refractivity contribution in [2.45, 2.75) is 58.2 Å². The minimum Gasteiger partial charge on any atom is -0.461 e. The third-order valence-electron chi connectivity index (χ3n) is 6.18. The first kappa shape index (κ1) is 26.0. The van der Waals surface area contributed by atoms with Gasteiger partial charge in [0.1, 0.15) is 22.8 Å². The van der Waals surface area contributed by atoms with Gasteiger partial charge in [-0.05, 0) is 52.0 Å². The maximum atomic E-state index is 14.9. The summed E-state index contributed by atoms with van der Waals surface area (Å²) < 4.78 is 58.0. The van der Waals surface area contributed by atoms with Gasteiger partial charge in [0.2, 0.25) is 6.36 Å². The van der Waals surface area contributed by atoms with Crippen molar-refractivity contribution in [1.82, 2.24) is 20.1 Å². The summed E-state index contributed by atoms with van der Waals surface area (Å²) in [5.74, 6) is -1.38. The van der Waals surface area contributed by atoms with E-state index in [0.29, 0.717) is 5.52 Å². The highest BCUT2D eigenvalue weighted by Gasteiger charge is 2.45. The zero-order valence-corrected chi connectivity index (χ0v) is 21.4. The molecular formula is C24H28F2N4O5S. The van der Waals surface area contributed by atoms with Gasteiger partial charge in [-0.2, -0.15) is 5.10 Å². The minimum absolute atomic E-state index is 0.0109. The van der Waals surface area contributed by atoms with Crippen molar-refractivity contribution in [2.24, 2.45) is 0 Å². The number of sulfone groups is 1. The number of hydrogen-bond donors (Lipinski definition) is 2. The lowest BCUT2D eigenvalue weighted by Gasteiger charge is -2.38. The monoisotopic (exact) mass is 522 g/mol. The van der Waals surface area contributed by atoms with E-state index in [4.69, 9.17) is 4.74 Å². The Morgan fingerprint density at radius 2 is 1.94 bits per heavy atom. The lowest BCUT2D eigenvalue weighted by molar-refractivity contribution is 0.0276. The molecule has 0 radical (unpaired) electrons. The first-order valence-corrected chi connectivity index (χ1v) is 13.1. The molecule has 0 spiro atoms. The van der Waals surface area contributed by atoms with Crippen LogP contribution in [-0.4, -0.2) is 63.2 Å². The highest BCUT2D eigenvalue weighted by atomic mass is 32.2. The fourth-order valence-electron chi connectivity index (χ4n) is 4.21. The highest BCUT2D eigenvalue weighted by Crippen LogP contribution is 2.35. The summed E-state index contributed by atoms with van der Waals surface area (Å²) in [5, 5.41) is 17.9. The molecule has 1 aliphatic heterocycles. The van der Waals surface area contributed by atoms with Crippen molar-refractivity contribution in [3.8, 4) is 17.0 Å². The fourth-order valence-corrected chi connectivity index (χ4v) is 6.21. The predicted octanol–water partition coefficient (Wildman–Crippen LogP) is 3.18. The molecule has 1 aromatic carbocycles. The van der Waals surface area contributed by atoms with Gasteiger partial charge in [-0.3, -0.25) is 14.5 Å². The van der Waals surface area contributed by atoms with Crippen LogP contribution < -0.4 is 10.1 Å². The SMILES string of the molecule is CC(F)Oc1ccc(F)c(-c2nn(C(C)C(C)(C)O)c3cc(C(=O)NC4(C)CS(=O)(=O)C4)cnc23)c1. The lowest BCUT2D eigenvalue weighted by atomic mass is 10.0. The molecule has 36 heavy (non-hydrogen) atoms. The summed E-state index contributed by atoms with van der Waals surface area (Å²) >= 11 is 0. The summed E-state index contributed by atoms with van der Waals surface area (Å²) in [4.78, 5) is 17.3. The molecule has 0 saturated carbocycles. The van der Waals surface area contributed by atoms with E-state index < -0.39 is 45.1 Å². The number of aromatic nitrogens is 3. The third kappa shape index (κ3) is 5.05. The van der Waals surface area contributed by atoms with Crippen LogP contribution in [0.15, 0.2) is 30.5 Å². The van der Waals surface area contributed by atoms with Crippen LogP contribution in [0.25, 0.3) is 22.3 Å². The van der Waals surface area contributed by atoms with Gasteiger partial charge >= 0.3 is 0 Å². The van der Waals surface area contributed by atoms with Gasteiger partial charge in [0, 0.05) is 18.7 Å². The van der Waals surface area contributed by atoms with E-state index in [1.807, 2.05) is 0 Å². The molecule has 9 nitrogen and oxygen atoms in total. The van der Waals surface area contributed by atoms with Crippen LogP contribution in [0.4, 0.5) is 8.78 Å². The van der Waals surface area contributed by atoms with Crippen LogP contribution in [0.1, 0.15) is 51.0 Å². The molecule has 3 heterocycles. The zero-order chi connectivity index (χ0) is 26.6. The number of benzene rings is 1. The number of carbonyl (C=O) groups is 1. The Labute approximate surface area is 207 Å². The standard InChI is InChI=1S/C24H28F2N4O5S/c1-13(23(3,4)32)30-19-8-15(22(31)28-24(5)11-36(33,34)12-24)10-27-21(19)20(29-30)17-9-16(35-14(2)25)6-7-18(17)26/h6-10,13-14,32H,11-12H2,1-5H3,(H,28,31). The Balaban J connectivity index is 1.82. The van der Waals surface area contributed by atoms with Crippen LogP contribution in [0.3, 0.4) is 0 Å². The number of ether oxygens (including phenoxy) is 1. The first-order chi connectivity index (χ1) is 16.6. The number of fused-ring (bicyclic) bond motifs is 1. The molecule has 2 atom stereocenters. The number of hydrogen-bond acceptors (Lipinski definition) is 7. The van der Waals surface area contributed by atoms with Crippen molar-refractivity contribution in [3.05, 3.63) is 41.8 Å². The maximum Gasteiger partial charge on any atom is 0.253 e. The quantitative estimate of drug-likeness (QED) is 0.489. The van der Waals surface area contributed by atoms with Crippen molar-refractivity contribution in [3.63, 3.8) is 0 Å². The average molecular weight is 523 g/mol. The van der Waals surface area contributed by atoms with Gasteiger partial charge in [-0.15, -0.1) is 0 Å². The Hall–Kier alpha value is -3.12. The molecule has 194 valence electrons. The van der Waals surface area contributed by atoms with Gasteiger partial charge in [0.15, 0.2) is 9.84 Å². The van der Waals surface area contributed by atoms with E-state index in [-0.39, 0.29) is 39.6 Å². The van der Waals surface area contributed by atoms with Crippen LogP contribution >= 0.6 is 0 Å². The fraction of sp³-hybridized carbons (Fsp3) is 0.458. The molecule has 4 rings (SSSR count). The zero-order valence-electron chi connectivity index (χ0n) is 20.5. The van der Waals surface area contributed by atoms with E-state index in [1.54, 1.807) is 27.7 Å². The molecule has 3 aromatic rings. The molecule has 2 N–H and O–H groups in total. The van der Waals surface area contributed by atoms with Gasteiger partial charge in [-0.25, -0.2) is 17.2 Å². The number of halogens is 2. The van der Waals surface area contributed by atoms with Crippen molar-refractivity contribution >= 4 is 26.8 Å². The van der Waals surface area contributed by atoms with Crippen molar-refractivity contribution in [1.29, 1.82) is 0 Å². The van der Waals surface area contributed by atoms with E-state index in [0.717, 1.165) is 6.07 Å². The Bertz CT molecular complexity index is 1430. The summed E-state index contributed by atoms with van der Waals surface area (Å²) in [6, 6.07) is 4.63. The first-order valence-electron chi connectivity index (χ1n) is 11.3. The summed E-state index contributed by atoms with van der Waals surface area (Å²) in [6.07, 6.45) is -0.320. The molecule has 12 heteroatoms. The highest BCUT2D eigenvalue weighted by molar-refractivity contribution is 7.93. The normalized spacial score (nSPS) is 18.3. The number of aliphatic hydroxyl groups is 1. The molecule has 1 aliphatic rings. The number of rotatable bonds is 7. The smallest absolute Gasteiger partial charge is 0.253 e. The second kappa shape index (κ2) is 8.77. The Morgan fingerprint density at radius 3 is 2.53 bits per heavy atom. The molecule has 0 bridgehead atoms. The van der Waals surface area contributed by atoms with Crippen LogP contribution in [0.5, 0.6) is 5.75 Å². The van der Waals surface area contributed by atoms with Crippen LogP contribution in [0.2, 0.25) is 0 Å². The van der Waals surface area contributed by atoms with Crippen LogP contribution in [0, 0.1) is 5.82 Å². The second-order valence-electron chi connectivity index (χ2n) is 10.1. The molecule has 1 fully saturated rings. The number of alkyl halides is 1. The number of carbonyl (C=O) groups excluding carboxylic acids is 1. The van der Waals surface area contributed by atoms with Gasteiger partial charge in [-0.1, -0.05) is 0 Å². The molecule has 2 unspecified atom stereocenters. The minimum atomic E-state index is -3.17. The predicted molar refractivity (Wildman–Crippen MR) is 130 cm³/mol. The largest absolute Gasteiger partial charge is 0.461 e. The van der Waals surface area contributed by atoms with E-state index >= 15 is 0 Å². The number of pyridine rings is 1. The topological polar surface area (TPSA) is 123 Å². The van der Waals surface area contributed by atoms with E-state index in [1.165, 1.54) is 36.0 Å². The number of nitrogens with one attached hydrogen (secondary N) is 1. The third-order valence-corrected chi connectivity index (χ3v) is 8.34. The maximum absolute atomic E-state index is 14.9. The van der Waals surface area contributed by atoms with Gasteiger partial charge in [0.25, 0.3) is 5.91 Å². The van der Waals surface area contributed by atoms with E-state index in [2.05, 4.69) is 15.4 Å².